The fourth-order valence-electron chi connectivity index (χ4n) is 0.443. The number of carboxylic acid groups (broad SMARTS) is 4. The van der Waals surface area contributed by atoms with Crippen molar-refractivity contribution >= 4 is 70.9 Å². The van der Waals surface area contributed by atoms with E-state index in [2.05, 4.69) is 21.3 Å². The zero-order valence-electron chi connectivity index (χ0n) is 39.0. The number of ketones is 2. The average molecular weight is 947 g/mol. The van der Waals surface area contributed by atoms with Crippen molar-refractivity contribution in [2.24, 2.45) is 0 Å². The van der Waals surface area contributed by atoms with Gasteiger partial charge in [0.2, 0.25) is 35.4 Å². The Labute approximate surface area is 390 Å². The molecule has 0 fully saturated rings. The van der Waals surface area contributed by atoms with Gasteiger partial charge in [-0.1, -0.05) is 58.4 Å². The number of nitrogens with zero attached hydrogens (tertiary/aromatic N) is 2. The summed E-state index contributed by atoms with van der Waals surface area (Å²) in [6, 6.07) is 0. The maximum absolute atomic E-state index is 10.3. The van der Waals surface area contributed by atoms with E-state index in [9.17, 15) is 38.4 Å². The number of rotatable bonds is 2. The first kappa shape index (κ1) is 118. The molecule has 0 unspecified atom stereocenters. The fraction of sp³-hybridized carbons (Fsp3) is 0.714. The minimum Gasteiger partial charge on any atom is -0.481 e. The summed E-state index contributed by atoms with van der Waals surface area (Å²) < 4.78 is 0. The molecule has 0 aromatic heterocycles. The Hall–Kier alpha value is -5.64. The Morgan fingerprint density at radius 2 is 0.406 bits per heavy atom. The number of carboxylic acids is 4. The van der Waals surface area contributed by atoms with Gasteiger partial charge in [-0.2, -0.15) is 0 Å². The van der Waals surface area contributed by atoms with Gasteiger partial charge in [-0.05, 0) is 42.0 Å². The van der Waals surface area contributed by atoms with E-state index in [0.29, 0.717) is 12.8 Å². The van der Waals surface area contributed by atoms with Crippen LogP contribution in [0.5, 0.6) is 0 Å². The molecule has 0 aromatic rings. The molecule has 6 amide bonds. The molecule has 22 nitrogen and oxygen atoms in total. The summed E-state index contributed by atoms with van der Waals surface area (Å²) in [5.74, 6) is -3.71. The SMILES string of the molecule is C.C.C.C.C.C.CC(=O)N(C)C(C)=O.CC(=O)N(C)C(C)=O.CC(=O)O.CC(=O)O.CC(=O)O.CC(=O)O.CCC(C)=O.CCC(C)=O.CNC.CNC.CNC(C)=O.CNC(C)=O. The smallest absolute Gasteiger partial charge is 0.300 e. The standard InChI is InChI=1S/2C5H9NO2.2C4H8O.2C3H7NO.2C2H7N.4C2H4O2.6CH4/c2*1-4(7)6(3)5(2)8;2*1-3-4(2)5;2*1-3(5)4-2;2*1-3-2;4*1-2(3)4;;;;;;/h2*1-3H3;2*3H2,1-2H3;2*1-2H3,(H,4,5);2*3H,1-2H3;4*1H3,(H,3,4);6*1H4. The lowest BCUT2D eigenvalue weighted by Crippen LogP contribution is -2.28. The normalized spacial score (nSPS) is 6.47. The second-order valence-electron chi connectivity index (χ2n) is 9.99. The highest BCUT2D eigenvalue weighted by atomic mass is 16.4. The van der Waals surface area contributed by atoms with Crippen molar-refractivity contribution in [2.45, 2.75) is 154 Å². The Bertz CT molecular complexity index is 924. The molecule has 8 N–H and O–H groups in total. The zero-order valence-corrected chi connectivity index (χ0v) is 39.0. The quantitative estimate of drug-likeness (QED) is 0.173. The van der Waals surface area contributed by atoms with Crippen molar-refractivity contribution in [1.82, 2.24) is 31.1 Å². The summed E-state index contributed by atoms with van der Waals surface area (Å²) in [4.78, 5) is 118. The van der Waals surface area contributed by atoms with Gasteiger partial charge in [0.1, 0.15) is 11.6 Å². The van der Waals surface area contributed by atoms with Crippen LogP contribution >= 0.6 is 0 Å². The van der Waals surface area contributed by atoms with E-state index in [1.54, 1.807) is 27.9 Å². The van der Waals surface area contributed by atoms with E-state index in [1.165, 1.54) is 55.6 Å². The van der Waals surface area contributed by atoms with Crippen LogP contribution in [0.25, 0.3) is 0 Å². The van der Waals surface area contributed by atoms with Crippen molar-refractivity contribution in [1.29, 1.82) is 0 Å². The Kier molecular flexibility index (Phi) is 187. The number of imide groups is 2. The monoisotopic (exact) mass is 947 g/mol. The Balaban J connectivity index is -0.0000000226. The van der Waals surface area contributed by atoms with Gasteiger partial charge >= 0.3 is 0 Å². The number of hydrogen-bond donors (Lipinski definition) is 8. The molecule has 0 aliphatic rings. The topological polar surface area (TPSA) is 340 Å². The molecule has 0 saturated carbocycles. The highest BCUT2D eigenvalue weighted by Crippen LogP contribution is 1.82. The lowest BCUT2D eigenvalue weighted by molar-refractivity contribution is -0.141. The number of carbonyl (C=O) groups is 12. The molecule has 0 rings (SSSR count). The summed E-state index contributed by atoms with van der Waals surface area (Å²) in [6.07, 6.45) is 1.33. The first-order valence-electron chi connectivity index (χ1n) is 16.8. The van der Waals surface area contributed by atoms with Crippen LogP contribution in [-0.4, -0.2) is 157 Å². The van der Waals surface area contributed by atoms with Crippen LogP contribution in [0.15, 0.2) is 0 Å². The molecular weight excluding hydrogens is 844 g/mol. The first-order valence-corrected chi connectivity index (χ1v) is 16.8. The van der Waals surface area contributed by atoms with Gasteiger partial charge in [0.15, 0.2) is 0 Å². The highest BCUT2D eigenvalue weighted by Gasteiger charge is 2.05. The molecular formula is C42H102N6O16. The molecule has 64 heavy (non-hydrogen) atoms. The minimum atomic E-state index is -0.833. The molecule has 0 aromatic carbocycles. The lowest BCUT2D eigenvalue weighted by Gasteiger charge is -2.07. The number of aliphatic carboxylic acids is 4. The Morgan fingerprint density at radius 1 is 0.344 bits per heavy atom. The van der Waals surface area contributed by atoms with Crippen molar-refractivity contribution < 1.29 is 78.0 Å². The van der Waals surface area contributed by atoms with Crippen molar-refractivity contribution in [3.8, 4) is 0 Å². The van der Waals surface area contributed by atoms with Crippen LogP contribution in [0.4, 0.5) is 0 Å². The molecule has 22 heteroatoms. The number of Topliss-reactive ketones (excluding diaryl/α,β-unsaturated/α-hetero) is 2. The summed E-state index contributed by atoms with van der Waals surface area (Å²) in [7, 11) is 13.6. The largest absolute Gasteiger partial charge is 0.481 e. The van der Waals surface area contributed by atoms with Gasteiger partial charge in [-0.25, -0.2) is 0 Å². The second-order valence-corrected chi connectivity index (χ2v) is 9.99. The van der Waals surface area contributed by atoms with Crippen LogP contribution in [0.3, 0.4) is 0 Å². The van der Waals surface area contributed by atoms with Crippen LogP contribution in [0.2, 0.25) is 0 Å². The average Bonchev–Trinajstić information content (AvgIpc) is 3.04. The van der Waals surface area contributed by atoms with Crippen LogP contribution < -0.4 is 21.3 Å². The van der Waals surface area contributed by atoms with E-state index in [1.807, 2.05) is 42.0 Å². The van der Waals surface area contributed by atoms with E-state index in [0.717, 1.165) is 37.5 Å². The second kappa shape index (κ2) is 102. The van der Waals surface area contributed by atoms with E-state index in [-0.39, 0.29) is 91.6 Å². The number of carbonyl (C=O) groups excluding carboxylic acids is 8. The third-order valence-electron chi connectivity index (χ3n) is 3.59. The fourth-order valence-corrected chi connectivity index (χ4v) is 0.443. The van der Waals surface area contributed by atoms with E-state index >= 15 is 0 Å². The maximum atomic E-state index is 10.3. The summed E-state index contributed by atoms with van der Waals surface area (Å²) in [6.45, 7) is 19.5. The molecule has 0 spiro atoms. The van der Waals surface area contributed by atoms with Crippen LogP contribution in [-0.2, 0) is 57.5 Å². The predicted molar refractivity (Wildman–Crippen MR) is 263 cm³/mol. The van der Waals surface area contributed by atoms with Crippen molar-refractivity contribution in [3.05, 3.63) is 0 Å². The third-order valence-corrected chi connectivity index (χ3v) is 3.59. The summed E-state index contributed by atoms with van der Waals surface area (Å²) >= 11 is 0. The van der Waals surface area contributed by atoms with Crippen LogP contribution in [0.1, 0.15) is 154 Å². The maximum Gasteiger partial charge on any atom is 0.300 e. The third kappa shape index (κ3) is 512. The van der Waals surface area contributed by atoms with E-state index in [4.69, 9.17) is 39.6 Å². The molecule has 0 radical (unpaired) electrons. The lowest BCUT2D eigenvalue weighted by atomic mass is 10.4. The van der Waals surface area contributed by atoms with Gasteiger partial charge < -0.3 is 51.3 Å². The molecule has 0 atom stereocenters. The molecule has 0 heterocycles. The van der Waals surface area contributed by atoms with Gasteiger partial charge in [0.25, 0.3) is 23.9 Å². The Morgan fingerprint density at radius 3 is 0.406 bits per heavy atom. The first-order chi connectivity index (χ1) is 25.9. The van der Waals surface area contributed by atoms with Crippen molar-refractivity contribution in [2.75, 3.05) is 56.4 Å². The van der Waals surface area contributed by atoms with Gasteiger partial charge in [0, 0.05) is 110 Å². The van der Waals surface area contributed by atoms with Gasteiger partial charge in [-0.3, -0.25) is 57.7 Å². The number of nitrogens with one attached hydrogen (secondary N) is 4. The molecule has 0 saturated heterocycles. The number of hydrogen-bond acceptors (Lipinski definition) is 14. The minimum absolute atomic E-state index is 0. The molecule has 396 valence electrons. The molecule has 0 aliphatic carbocycles. The molecule has 0 bridgehead atoms. The number of amides is 6. The van der Waals surface area contributed by atoms with Gasteiger partial charge in [0.05, 0.1) is 0 Å². The predicted octanol–water partition coefficient (Wildman–Crippen LogP) is 5.35. The zero-order chi connectivity index (χ0) is 50.3. The summed E-state index contributed by atoms with van der Waals surface area (Å²) in [5, 5.41) is 39.9. The summed E-state index contributed by atoms with van der Waals surface area (Å²) in [5.41, 5.74) is 0. The highest BCUT2D eigenvalue weighted by molar-refractivity contribution is 5.92. The van der Waals surface area contributed by atoms with Crippen LogP contribution in [0, 0.1) is 0 Å². The van der Waals surface area contributed by atoms with Gasteiger partial charge in [-0.15, -0.1) is 0 Å². The molecule has 0 aliphatic heterocycles. The van der Waals surface area contributed by atoms with Crippen molar-refractivity contribution in [3.63, 3.8) is 0 Å². The van der Waals surface area contributed by atoms with E-state index < -0.39 is 23.9 Å².